The molecule has 0 heterocycles. The number of aromatic carboxylic acids is 1. The lowest BCUT2D eigenvalue weighted by Crippen LogP contribution is -2.39. The normalized spacial score (nSPS) is 11.6. The third-order valence-corrected chi connectivity index (χ3v) is 3.87. The first-order valence-electron chi connectivity index (χ1n) is 10.0. The summed E-state index contributed by atoms with van der Waals surface area (Å²) in [7, 11) is 0. The molecule has 0 spiro atoms. The van der Waals surface area contributed by atoms with Gasteiger partial charge in [0, 0.05) is 12.1 Å². The van der Waals surface area contributed by atoms with Crippen LogP contribution in [0.4, 0.5) is 5.69 Å². The van der Waals surface area contributed by atoms with Crippen molar-refractivity contribution in [1.29, 1.82) is 0 Å². The van der Waals surface area contributed by atoms with Crippen molar-refractivity contribution in [3.63, 3.8) is 0 Å². The van der Waals surface area contributed by atoms with Crippen molar-refractivity contribution >= 4 is 17.6 Å². The van der Waals surface area contributed by atoms with Crippen LogP contribution in [0.5, 0.6) is 0 Å². The van der Waals surface area contributed by atoms with E-state index in [1.807, 2.05) is 33.8 Å². The molecule has 0 aliphatic rings. The van der Waals surface area contributed by atoms with Crippen LogP contribution in [0.3, 0.4) is 0 Å². The van der Waals surface area contributed by atoms with Gasteiger partial charge in [-0.1, -0.05) is 18.9 Å². The fourth-order valence-corrected chi connectivity index (χ4v) is 2.29. The van der Waals surface area contributed by atoms with E-state index >= 15 is 0 Å². The zero-order valence-corrected chi connectivity index (χ0v) is 18.3. The summed E-state index contributed by atoms with van der Waals surface area (Å²) in [5.74, 6) is -1.26. The van der Waals surface area contributed by atoms with Gasteiger partial charge < -0.3 is 15.2 Å². The lowest BCUT2D eigenvalue weighted by Gasteiger charge is -2.22. The van der Waals surface area contributed by atoms with Crippen LogP contribution in [-0.2, 0) is 9.53 Å². The number of carboxylic acid groups (broad SMARTS) is 1. The molecular formula is C22H34N2O6. The summed E-state index contributed by atoms with van der Waals surface area (Å²) in [6.45, 7) is 12.1. The van der Waals surface area contributed by atoms with Gasteiger partial charge in [0.25, 0.3) is 5.69 Å². The smallest absolute Gasteiger partial charge is 0.335 e. The van der Waals surface area contributed by atoms with E-state index in [0.29, 0.717) is 0 Å². The SMILES string of the molecule is C=CCCCCCCN[C@@H](C)C(=O)OC(C)(C)C.O=C(O)c1ccc([N+](=O)[O-])cc1. The van der Waals surface area contributed by atoms with Crippen LogP contribution in [0.1, 0.15) is 70.2 Å². The monoisotopic (exact) mass is 422 g/mol. The molecule has 0 amide bonds. The van der Waals surface area contributed by atoms with Crippen molar-refractivity contribution in [3.05, 3.63) is 52.6 Å². The minimum absolute atomic E-state index is 0.0422. The van der Waals surface area contributed by atoms with E-state index in [4.69, 9.17) is 9.84 Å². The van der Waals surface area contributed by atoms with Crippen LogP contribution in [0.25, 0.3) is 0 Å². The number of nitrogens with zero attached hydrogens (tertiary/aromatic N) is 1. The molecule has 1 atom stereocenters. The molecule has 2 N–H and O–H groups in total. The molecule has 8 heteroatoms. The Bertz CT molecular complexity index is 647. The van der Waals surface area contributed by atoms with Crippen LogP contribution >= 0.6 is 0 Å². The fourth-order valence-electron chi connectivity index (χ4n) is 2.29. The summed E-state index contributed by atoms with van der Waals surface area (Å²) in [6.07, 6.45) is 7.80. The number of unbranched alkanes of at least 4 members (excludes halogenated alkanes) is 4. The Labute approximate surface area is 178 Å². The summed E-state index contributed by atoms with van der Waals surface area (Å²) < 4.78 is 5.30. The number of carbonyl (C=O) groups is 2. The predicted molar refractivity (Wildman–Crippen MR) is 117 cm³/mol. The number of nitro groups is 1. The maximum atomic E-state index is 11.7. The number of hydrogen-bond acceptors (Lipinski definition) is 6. The molecule has 8 nitrogen and oxygen atoms in total. The number of carboxylic acids is 1. The number of esters is 1. The average molecular weight is 423 g/mol. The first kappa shape index (κ1) is 27.3. The van der Waals surface area contributed by atoms with E-state index in [2.05, 4.69) is 11.9 Å². The molecule has 1 aromatic rings. The van der Waals surface area contributed by atoms with Gasteiger partial charge in [-0.3, -0.25) is 14.9 Å². The number of nitro benzene ring substituents is 1. The van der Waals surface area contributed by atoms with E-state index in [1.54, 1.807) is 0 Å². The third-order valence-electron chi connectivity index (χ3n) is 3.87. The molecule has 1 rings (SSSR count). The lowest BCUT2D eigenvalue weighted by atomic mass is 10.1. The second-order valence-electron chi connectivity index (χ2n) is 7.81. The largest absolute Gasteiger partial charge is 0.478 e. The molecule has 0 aliphatic heterocycles. The highest BCUT2D eigenvalue weighted by atomic mass is 16.6. The average Bonchev–Trinajstić information content (AvgIpc) is 2.66. The minimum atomic E-state index is -1.09. The van der Waals surface area contributed by atoms with Crippen molar-refractivity contribution in [2.45, 2.75) is 71.4 Å². The number of ether oxygens (including phenoxy) is 1. The summed E-state index contributed by atoms with van der Waals surface area (Å²) in [5, 5.41) is 21.8. The van der Waals surface area contributed by atoms with Gasteiger partial charge in [0.05, 0.1) is 10.5 Å². The van der Waals surface area contributed by atoms with Gasteiger partial charge >= 0.3 is 11.9 Å². The highest BCUT2D eigenvalue weighted by Gasteiger charge is 2.20. The highest BCUT2D eigenvalue weighted by molar-refractivity contribution is 5.87. The van der Waals surface area contributed by atoms with Crippen molar-refractivity contribution in [3.8, 4) is 0 Å². The molecule has 30 heavy (non-hydrogen) atoms. The van der Waals surface area contributed by atoms with Gasteiger partial charge in [0.2, 0.25) is 0 Å². The molecule has 0 saturated carbocycles. The van der Waals surface area contributed by atoms with E-state index in [9.17, 15) is 19.7 Å². The van der Waals surface area contributed by atoms with Crippen molar-refractivity contribution < 1.29 is 24.4 Å². The standard InChI is InChI=1S/C15H29NO2.C7H5NO4/c1-6-7-8-9-10-11-12-16-13(2)14(17)18-15(3,4)5;9-7(10)5-1-3-6(4-2-5)8(11)12/h6,13,16H,1,7-12H2,2-5H3;1-4H,(H,9,10)/t13-;/m0./s1. The highest BCUT2D eigenvalue weighted by Crippen LogP contribution is 2.11. The quantitative estimate of drug-likeness (QED) is 0.174. The number of carbonyl (C=O) groups excluding carboxylic acids is 1. The minimum Gasteiger partial charge on any atom is -0.478 e. The third kappa shape index (κ3) is 13.4. The molecule has 0 fully saturated rings. The van der Waals surface area contributed by atoms with Gasteiger partial charge in [-0.15, -0.1) is 6.58 Å². The van der Waals surface area contributed by atoms with Crippen LogP contribution in [0.15, 0.2) is 36.9 Å². The zero-order valence-electron chi connectivity index (χ0n) is 18.3. The summed E-state index contributed by atoms with van der Waals surface area (Å²) in [5.41, 5.74) is -0.474. The Kier molecular flexibility index (Phi) is 13.0. The van der Waals surface area contributed by atoms with Crippen molar-refractivity contribution in [2.75, 3.05) is 6.54 Å². The fraction of sp³-hybridized carbons (Fsp3) is 0.545. The van der Waals surface area contributed by atoms with Gasteiger partial charge in [-0.2, -0.15) is 0 Å². The molecule has 0 saturated heterocycles. The van der Waals surface area contributed by atoms with Crippen molar-refractivity contribution in [1.82, 2.24) is 5.32 Å². The molecule has 168 valence electrons. The molecule has 0 aromatic heterocycles. The van der Waals surface area contributed by atoms with E-state index < -0.39 is 16.5 Å². The summed E-state index contributed by atoms with van der Waals surface area (Å²) in [4.78, 5) is 31.5. The van der Waals surface area contributed by atoms with Crippen LogP contribution in [0, 0.1) is 10.1 Å². The van der Waals surface area contributed by atoms with Crippen LogP contribution < -0.4 is 5.32 Å². The Balaban J connectivity index is 0.000000604. The molecule has 0 radical (unpaired) electrons. The first-order chi connectivity index (χ1) is 14.0. The van der Waals surface area contributed by atoms with E-state index in [1.165, 1.54) is 31.4 Å². The Morgan fingerprint density at radius 3 is 2.23 bits per heavy atom. The van der Waals surface area contributed by atoms with Crippen LogP contribution in [-0.4, -0.2) is 40.2 Å². The maximum Gasteiger partial charge on any atom is 0.335 e. The van der Waals surface area contributed by atoms with Crippen LogP contribution in [0.2, 0.25) is 0 Å². The Morgan fingerprint density at radius 1 is 1.20 bits per heavy atom. The second kappa shape index (κ2) is 14.3. The number of rotatable bonds is 11. The van der Waals surface area contributed by atoms with Gasteiger partial charge in [0.1, 0.15) is 11.6 Å². The summed E-state index contributed by atoms with van der Waals surface area (Å²) in [6, 6.07) is 4.48. The molecule has 0 aliphatic carbocycles. The zero-order chi connectivity index (χ0) is 23.2. The second-order valence-corrected chi connectivity index (χ2v) is 7.81. The van der Waals surface area contributed by atoms with Gasteiger partial charge in [-0.05, 0) is 65.6 Å². The number of benzene rings is 1. The van der Waals surface area contributed by atoms with Crippen molar-refractivity contribution in [2.24, 2.45) is 0 Å². The first-order valence-corrected chi connectivity index (χ1v) is 10.0. The van der Waals surface area contributed by atoms with E-state index in [-0.39, 0.29) is 23.3 Å². The number of non-ortho nitro benzene ring substituents is 1. The molecule has 1 aromatic carbocycles. The Morgan fingerprint density at radius 2 is 1.77 bits per heavy atom. The molecular weight excluding hydrogens is 388 g/mol. The van der Waals surface area contributed by atoms with Gasteiger partial charge in [0.15, 0.2) is 0 Å². The number of hydrogen-bond donors (Lipinski definition) is 2. The van der Waals surface area contributed by atoms with Gasteiger partial charge in [-0.25, -0.2) is 4.79 Å². The topological polar surface area (TPSA) is 119 Å². The molecule has 0 unspecified atom stereocenters. The number of nitrogens with one attached hydrogen (secondary N) is 1. The maximum absolute atomic E-state index is 11.7. The lowest BCUT2D eigenvalue weighted by molar-refractivity contribution is -0.384. The molecule has 0 bridgehead atoms. The number of allylic oxidation sites excluding steroid dienone is 1. The predicted octanol–water partition coefficient (Wildman–Crippen LogP) is 4.74. The van der Waals surface area contributed by atoms with E-state index in [0.717, 1.165) is 31.5 Å². The Hall–Kier alpha value is -2.74. The summed E-state index contributed by atoms with van der Waals surface area (Å²) >= 11 is 0.